The lowest BCUT2D eigenvalue weighted by molar-refractivity contribution is -0.133. The van der Waals surface area contributed by atoms with Crippen molar-refractivity contribution in [1.29, 1.82) is 0 Å². The summed E-state index contributed by atoms with van der Waals surface area (Å²) in [5.41, 5.74) is 1.36. The van der Waals surface area contributed by atoms with E-state index in [1.165, 1.54) is 0 Å². The monoisotopic (exact) mass is 445 g/mol. The highest BCUT2D eigenvalue weighted by Gasteiger charge is 2.24. The molecular formula is C21H25ClFN7O. The van der Waals surface area contributed by atoms with Crippen LogP contribution in [0.2, 0.25) is 5.02 Å². The van der Waals surface area contributed by atoms with E-state index in [1.54, 1.807) is 18.5 Å². The van der Waals surface area contributed by atoms with Crippen molar-refractivity contribution in [3.05, 3.63) is 35.5 Å². The summed E-state index contributed by atoms with van der Waals surface area (Å²) in [6, 6.07) is 1.77. The van der Waals surface area contributed by atoms with E-state index in [0.29, 0.717) is 41.7 Å². The number of nitrogens with zero attached hydrogens (tertiary/aromatic N) is 5. The predicted molar refractivity (Wildman–Crippen MR) is 118 cm³/mol. The topological polar surface area (TPSA) is 90.0 Å². The van der Waals surface area contributed by atoms with E-state index < -0.39 is 5.82 Å². The fourth-order valence-electron chi connectivity index (χ4n) is 3.85. The summed E-state index contributed by atoms with van der Waals surface area (Å²) < 4.78 is 14.4. The lowest BCUT2D eigenvalue weighted by Crippen LogP contribution is -2.45. The second-order valence-corrected chi connectivity index (χ2v) is 8.55. The Hall–Kier alpha value is -2.78. The second kappa shape index (κ2) is 9.15. The minimum Gasteiger partial charge on any atom is -0.367 e. The van der Waals surface area contributed by atoms with Crippen LogP contribution in [0, 0.1) is 11.7 Å². The van der Waals surface area contributed by atoms with Crippen molar-refractivity contribution in [1.82, 2.24) is 29.7 Å². The van der Waals surface area contributed by atoms with Gasteiger partial charge in [0.2, 0.25) is 5.91 Å². The Kier molecular flexibility index (Phi) is 6.33. The second-order valence-electron chi connectivity index (χ2n) is 8.11. The molecule has 0 spiro atoms. The van der Waals surface area contributed by atoms with Crippen molar-refractivity contribution in [3.63, 3.8) is 0 Å². The molecule has 1 unspecified atom stereocenters. The number of fused-ring (bicyclic) bond motifs is 1. The highest BCUT2D eigenvalue weighted by molar-refractivity contribution is 6.31. The zero-order valence-electron chi connectivity index (χ0n) is 17.5. The van der Waals surface area contributed by atoms with Crippen LogP contribution in [0.4, 0.5) is 10.2 Å². The first-order valence-electron chi connectivity index (χ1n) is 10.2. The number of piperidine rings is 1. The van der Waals surface area contributed by atoms with Gasteiger partial charge < -0.3 is 20.1 Å². The molecule has 1 atom stereocenters. The highest BCUT2D eigenvalue weighted by Crippen LogP contribution is 2.28. The van der Waals surface area contributed by atoms with Crippen molar-refractivity contribution in [2.45, 2.75) is 12.8 Å². The molecule has 8 nitrogen and oxygen atoms in total. The summed E-state index contributed by atoms with van der Waals surface area (Å²) in [6.45, 7) is 2.35. The van der Waals surface area contributed by atoms with Gasteiger partial charge >= 0.3 is 0 Å². The molecule has 1 aliphatic heterocycles. The van der Waals surface area contributed by atoms with Gasteiger partial charge in [-0.25, -0.2) is 19.3 Å². The molecule has 164 valence electrons. The lowest BCUT2D eigenvalue weighted by atomic mass is 9.98. The van der Waals surface area contributed by atoms with Crippen LogP contribution in [0.25, 0.3) is 22.4 Å². The first-order valence-corrected chi connectivity index (χ1v) is 10.6. The third-order valence-electron chi connectivity index (χ3n) is 5.36. The molecule has 1 aliphatic rings. The normalized spacial score (nSPS) is 16.8. The number of hydrogen-bond acceptors (Lipinski definition) is 6. The molecule has 2 N–H and O–H groups in total. The molecular weight excluding hydrogens is 421 g/mol. The van der Waals surface area contributed by atoms with E-state index in [0.717, 1.165) is 31.0 Å². The number of likely N-dealkylation sites (N-methyl/N-ethyl adjacent to an activating group) is 1. The van der Waals surface area contributed by atoms with Gasteiger partial charge in [0.1, 0.15) is 5.65 Å². The summed E-state index contributed by atoms with van der Waals surface area (Å²) >= 11 is 6.07. The Labute approximate surface area is 184 Å². The van der Waals surface area contributed by atoms with Gasteiger partial charge in [-0.15, -0.1) is 0 Å². The summed E-state index contributed by atoms with van der Waals surface area (Å²) in [5.74, 6) is 0.360. The number of aromatic nitrogens is 4. The van der Waals surface area contributed by atoms with Crippen LogP contribution in [0.3, 0.4) is 0 Å². The van der Waals surface area contributed by atoms with E-state index in [9.17, 15) is 9.18 Å². The van der Waals surface area contributed by atoms with Gasteiger partial charge in [0.15, 0.2) is 17.5 Å². The number of carbonyl (C=O) groups is 1. The van der Waals surface area contributed by atoms with Crippen molar-refractivity contribution in [3.8, 4) is 11.4 Å². The van der Waals surface area contributed by atoms with E-state index in [4.69, 9.17) is 11.6 Å². The summed E-state index contributed by atoms with van der Waals surface area (Å²) in [5, 5.41) is 4.39. The van der Waals surface area contributed by atoms with Crippen molar-refractivity contribution < 1.29 is 9.18 Å². The predicted octanol–water partition coefficient (Wildman–Crippen LogP) is 3.02. The van der Waals surface area contributed by atoms with Gasteiger partial charge in [0, 0.05) is 43.0 Å². The number of anilines is 1. The first-order chi connectivity index (χ1) is 14.9. The Morgan fingerprint density at radius 2 is 2.23 bits per heavy atom. The Morgan fingerprint density at radius 3 is 3.03 bits per heavy atom. The van der Waals surface area contributed by atoms with Crippen molar-refractivity contribution >= 4 is 34.4 Å². The number of amides is 1. The minimum absolute atomic E-state index is 0.122. The van der Waals surface area contributed by atoms with Gasteiger partial charge in [0.25, 0.3) is 0 Å². The lowest BCUT2D eigenvalue weighted by Gasteiger charge is -2.33. The van der Waals surface area contributed by atoms with Gasteiger partial charge in [-0.1, -0.05) is 11.6 Å². The molecule has 1 saturated heterocycles. The highest BCUT2D eigenvalue weighted by atomic mass is 35.5. The summed E-state index contributed by atoms with van der Waals surface area (Å²) in [4.78, 5) is 31.9. The summed E-state index contributed by atoms with van der Waals surface area (Å²) in [6.07, 6.45) is 6.37. The van der Waals surface area contributed by atoms with Gasteiger partial charge in [0.05, 0.1) is 17.8 Å². The average Bonchev–Trinajstić information content (AvgIpc) is 3.16. The smallest absolute Gasteiger partial charge is 0.236 e. The molecule has 1 fully saturated rings. The number of rotatable bonds is 6. The molecule has 0 bridgehead atoms. The molecule has 0 radical (unpaired) electrons. The number of carbonyl (C=O) groups excluding carboxylic acids is 1. The van der Waals surface area contributed by atoms with E-state index in [2.05, 4.69) is 25.3 Å². The van der Waals surface area contributed by atoms with Gasteiger partial charge in [-0.3, -0.25) is 4.79 Å². The minimum atomic E-state index is -0.518. The molecule has 3 aromatic heterocycles. The van der Waals surface area contributed by atoms with Crippen LogP contribution >= 0.6 is 11.6 Å². The van der Waals surface area contributed by atoms with Crippen LogP contribution < -0.4 is 5.32 Å². The van der Waals surface area contributed by atoms with Gasteiger partial charge in [-0.05, 0) is 38.9 Å². The number of hydrogen-bond donors (Lipinski definition) is 2. The Morgan fingerprint density at radius 1 is 1.39 bits per heavy atom. The molecule has 4 heterocycles. The quantitative estimate of drug-likeness (QED) is 0.606. The molecule has 0 aromatic carbocycles. The third-order valence-corrected chi connectivity index (χ3v) is 5.57. The van der Waals surface area contributed by atoms with Crippen LogP contribution in [0.15, 0.2) is 24.7 Å². The third kappa shape index (κ3) is 4.94. The average molecular weight is 446 g/mol. The summed E-state index contributed by atoms with van der Waals surface area (Å²) in [7, 11) is 3.77. The zero-order valence-corrected chi connectivity index (χ0v) is 18.3. The zero-order chi connectivity index (χ0) is 22.0. The number of nitrogens with one attached hydrogen (secondary N) is 2. The van der Waals surface area contributed by atoms with Crippen LogP contribution in [-0.4, -0.2) is 75.9 Å². The maximum atomic E-state index is 14.4. The standard InChI is InChI=1S/C21H25ClFN7O/c1-29(2)12-18(31)30-5-3-4-13(11-30)7-24-21-17(23)10-27-20(28-21)16-9-26-19-15(16)6-14(22)8-25-19/h6,8-10,13H,3-5,7,11-12H2,1-2H3,(H,25,26)(H,24,27,28). The van der Waals surface area contributed by atoms with E-state index in [-0.39, 0.29) is 17.6 Å². The van der Waals surface area contributed by atoms with E-state index in [1.807, 2.05) is 23.9 Å². The van der Waals surface area contributed by atoms with Crippen LogP contribution in [0.1, 0.15) is 12.8 Å². The first kappa shape index (κ1) is 21.5. The SMILES string of the molecule is CN(C)CC(=O)N1CCCC(CNc2nc(-c3c[nH]c4ncc(Cl)cc34)ncc2F)C1. The molecule has 0 aliphatic carbocycles. The number of likely N-dealkylation sites (tertiary alicyclic amines) is 1. The maximum absolute atomic E-state index is 14.4. The number of aromatic amines is 1. The fraction of sp³-hybridized carbons (Fsp3) is 0.429. The van der Waals surface area contributed by atoms with Crippen molar-refractivity contribution in [2.24, 2.45) is 5.92 Å². The Balaban J connectivity index is 1.47. The van der Waals surface area contributed by atoms with E-state index >= 15 is 0 Å². The number of pyridine rings is 1. The Bertz CT molecular complexity index is 1090. The van der Waals surface area contributed by atoms with Crippen molar-refractivity contribution in [2.75, 3.05) is 45.6 Å². The largest absolute Gasteiger partial charge is 0.367 e. The molecule has 0 saturated carbocycles. The molecule has 10 heteroatoms. The molecule has 1 amide bonds. The number of halogens is 2. The van der Waals surface area contributed by atoms with Crippen LogP contribution in [0.5, 0.6) is 0 Å². The van der Waals surface area contributed by atoms with Crippen LogP contribution in [-0.2, 0) is 4.79 Å². The van der Waals surface area contributed by atoms with Gasteiger partial charge in [-0.2, -0.15) is 0 Å². The maximum Gasteiger partial charge on any atom is 0.236 e. The molecule has 3 aromatic rings. The fourth-order valence-corrected chi connectivity index (χ4v) is 4.01. The molecule has 31 heavy (non-hydrogen) atoms. The number of H-pyrrole nitrogens is 1. The molecule has 4 rings (SSSR count).